The number of ether oxygens (including phenoxy) is 1. The number of benzene rings is 1. The summed E-state index contributed by atoms with van der Waals surface area (Å²) < 4.78 is 5.43. The summed E-state index contributed by atoms with van der Waals surface area (Å²) in [5.41, 5.74) is 2.46. The molecule has 2 aliphatic rings. The minimum absolute atomic E-state index is 0.0140. The number of hydrogen-bond acceptors (Lipinski definition) is 5. The molecule has 2 aromatic rings. The Morgan fingerprint density at radius 3 is 2.83 bits per heavy atom. The van der Waals surface area contributed by atoms with Gasteiger partial charge in [0.1, 0.15) is 5.00 Å². The summed E-state index contributed by atoms with van der Waals surface area (Å²) in [7, 11) is 0. The number of rotatable bonds is 5. The van der Waals surface area contributed by atoms with Crippen molar-refractivity contribution in [1.29, 1.82) is 5.26 Å². The molecule has 1 aliphatic heterocycles. The summed E-state index contributed by atoms with van der Waals surface area (Å²) >= 11 is 1.65. The van der Waals surface area contributed by atoms with Gasteiger partial charge in [-0.2, -0.15) is 5.26 Å². The first-order chi connectivity index (χ1) is 14.6. The van der Waals surface area contributed by atoms with Crippen LogP contribution in [0.1, 0.15) is 47.5 Å². The van der Waals surface area contributed by atoms with Crippen LogP contribution >= 0.6 is 11.3 Å². The summed E-state index contributed by atoms with van der Waals surface area (Å²) in [6.45, 7) is 4.75. The molecule has 30 heavy (non-hydrogen) atoms. The van der Waals surface area contributed by atoms with Gasteiger partial charge in [0.05, 0.1) is 42.1 Å². The van der Waals surface area contributed by atoms with E-state index in [1.807, 2.05) is 34.9 Å². The summed E-state index contributed by atoms with van der Waals surface area (Å²) in [5, 5.41) is 11.3. The average molecular weight is 425 g/mol. The van der Waals surface area contributed by atoms with E-state index in [1.165, 1.54) is 25.7 Å². The highest BCUT2D eigenvalue weighted by molar-refractivity contribution is 7.16. The Labute approximate surface area is 182 Å². The zero-order chi connectivity index (χ0) is 20.9. The van der Waals surface area contributed by atoms with E-state index >= 15 is 0 Å². The van der Waals surface area contributed by atoms with Gasteiger partial charge in [0.25, 0.3) is 0 Å². The zero-order valence-electron chi connectivity index (χ0n) is 17.5. The van der Waals surface area contributed by atoms with Gasteiger partial charge in [-0.1, -0.05) is 37.8 Å². The van der Waals surface area contributed by atoms with E-state index in [9.17, 15) is 10.1 Å². The molecule has 0 N–H and O–H groups in total. The first-order valence-electron chi connectivity index (χ1n) is 10.7. The van der Waals surface area contributed by atoms with E-state index in [2.05, 4.69) is 6.07 Å². The number of hydrogen-bond donors (Lipinski definition) is 0. The van der Waals surface area contributed by atoms with Crippen LogP contribution in [-0.4, -0.2) is 42.2 Å². The molecule has 2 heterocycles. The van der Waals surface area contributed by atoms with Gasteiger partial charge in [-0.3, -0.25) is 4.90 Å². The highest BCUT2D eigenvalue weighted by Crippen LogP contribution is 2.35. The molecule has 6 nitrogen and oxygen atoms in total. The molecule has 0 unspecified atom stereocenters. The number of nitrogens with zero attached hydrogens (tertiary/aromatic N) is 4. The number of anilines is 1. The third-order valence-corrected chi connectivity index (χ3v) is 7.11. The Morgan fingerprint density at radius 1 is 1.33 bits per heavy atom. The lowest BCUT2D eigenvalue weighted by molar-refractivity contribution is 0.0548. The number of carbonyl (C=O) groups is 1. The fraction of sp³-hybridized carbons (Fsp3) is 0.522. The molecule has 158 valence electrons. The van der Waals surface area contributed by atoms with Crippen LogP contribution in [-0.2, 0) is 17.7 Å². The van der Waals surface area contributed by atoms with Crippen LogP contribution in [0.15, 0.2) is 24.3 Å². The molecule has 1 aromatic carbocycles. The molecule has 0 bridgehead atoms. The van der Waals surface area contributed by atoms with E-state index in [0.717, 1.165) is 33.6 Å². The molecule has 0 atom stereocenters. The second-order valence-corrected chi connectivity index (χ2v) is 9.20. The van der Waals surface area contributed by atoms with Gasteiger partial charge in [0, 0.05) is 19.5 Å². The molecule has 1 saturated carbocycles. The molecule has 1 aromatic heterocycles. The van der Waals surface area contributed by atoms with Gasteiger partial charge in [0.2, 0.25) is 0 Å². The molecule has 2 fully saturated rings. The van der Waals surface area contributed by atoms with Gasteiger partial charge in [0.15, 0.2) is 0 Å². The lowest BCUT2D eigenvalue weighted by Gasteiger charge is -2.32. The lowest BCUT2D eigenvalue weighted by atomic mass is 10.1. The predicted octanol–water partition coefficient (Wildman–Crippen LogP) is 4.51. The van der Waals surface area contributed by atoms with Crippen molar-refractivity contribution in [3.8, 4) is 6.07 Å². The van der Waals surface area contributed by atoms with Crippen molar-refractivity contribution in [3.05, 3.63) is 46.1 Å². The third kappa shape index (κ3) is 4.82. The predicted molar refractivity (Wildman–Crippen MR) is 118 cm³/mol. The first kappa shape index (κ1) is 20.8. The Balaban J connectivity index is 1.61. The number of thiazole rings is 1. The smallest absolute Gasteiger partial charge is 0.325 e. The lowest BCUT2D eigenvalue weighted by Crippen LogP contribution is -2.48. The van der Waals surface area contributed by atoms with Crippen molar-refractivity contribution in [1.82, 2.24) is 9.88 Å². The van der Waals surface area contributed by atoms with Crippen molar-refractivity contribution < 1.29 is 9.53 Å². The quantitative estimate of drug-likeness (QED) is 0.708. The van der Waals surface area contributed by atoms with Crippen molar-refractivity contribution >= 4 is 22.4 Å². The molecule has 4 rings (SSSR count). The molecule has 7 heteroatoms. The fourth-order valence-corrected chi connectivity index (χ4v) is 5.49. The Kier molecular flexibility index (Phi) is 6.66. The van der Waals surface area contributed by atoms with Crippen LogP contribution in [0.4, 0.5) is 9.80 Å². The number of urea groups is 1. The summed E-state index contributed by atoms with van der Waals surface area (Å²) in [5.74, 6) is 0.721. The molecule has 1 saturated heterocycles. The normalized spacial score (nSPS) is 17.1. The van der Waals surface area contributed by atoms with Gasteiger partial charge >= 0.3 is 6.03 Å². The van der Waals surface area contributed by atoms with Gasteiger partial charge in [-0.05, 0) is 30.5 Å². The van der Waals surface area contributed by atoms with E-state index in [1.54, 1.807) is 17.4 Å². The fourth-order valence-electron chi connectivity index (χ4n) is 4.32. The van der Waals surface area contributed by atoms with Crippen LogP contribution in [0.3, 0.4) is 0 Å². The molecule has 1 aliphatic carbocycles. The highest BCUT2D eigenvalue weighted by atomic mass is 32.1. The van der Waals surface area contributed by atoms with Crippen LogP contribution in [0, 0.1) is 24.2 Å². The maximum Gasteiger partial charge on any atom is 0.325 e. The molecule has 0 spiro atoms. The minimum atomic E-state index is -0.0140. The van der Waals surface area contributed by atoms with E-state index in [-0.39, 0.29) is 6.03 Å². The SMILES string of the molecule is Cc1nc(CC2CCCC2)sc1N(Cc1cccc(C#N)c1)C(=O)N1CCOCC1. The van der Waals surface area contributed by atoms with Crippen LogP contribution < -0.4 is 4.90 Å². The second kappa shape index (κ2) is 9.59. The van der Waals surface area contributed by atoms with E-state index < -0.39 is 0 Å². The molecular weight excluding hydrogens is 396 g/mol. The first-order valence-corrected chi connectivity index (χ1v) is 11.5. The van der Waals surface area contributed by atoms with E-state index in [0.29, 0.717) is 38.4 Å². The molecular formula is C23H28N4O2S. The highest BCUT2D eigenvalue weighted by Gasteiger charge is 2.28. The topological polar surface area (TPSA) is 69.5 Å². The summed E-state index contributed by atoms with van der Waals surface area (Å²) in [6, 6.07) is 9.66. The maximum atomic E-state index is 13.5. The number of aromatic nitrogens is 1. The van der Waals surface area contributed by atoms with Gasteiger partial charge in [-0.15, -0.1) is 11.3 Å². The van der Waals surface area contributed by atoms with Gasteiger partial charge in [-0.25, -0.2) is 9.78 Å². The Hall–Kier alpha value is -2.43. The second-order valence-electron chi connectivity index (χ2n) is 8.13. The van der Waals surface area contributed by atoms with E-state index in [4.69, 9.17) is 9.72 Å². The summed E-state index contributed by atoms with van der Waals surface area (Å²) in [6.07, 6.45) is 6.21. The van der Waals surface area contributed by atoms with Gasteiger partial charge < -0.3 is 9.64 Å². The maximum absolute atomic E-state index is 13.5. The van der Waals surface area contributed by atoms with Crippen molar-refractivity contribution in [2.45, 2.75) is 45.6 Å². The zero-order valence-corrected chi connectivity index (χ0v) is 18.3. The van der Waals surface area contributed by atoms with Crippen LogP contribution in [0.5, 0.6) is 0 Å². The van der Waals surface area contributed by atoms with Crippen LogP contribution in [0.2, 0.25) is 0 Å². The van der Waals surface area contributed by atoms with Crippen molar-refractivity contribution in [2.24, 2.45) is 5.92 Å². The molecule has 2 amide bonds. The Bertz CT molecular complexity index is 924. The number of nitriles is 1. The number of morpholine rings is 1. The number of carbonyl (C=O) groups excluding carboxylic acids is 1. The monoisotopic (exact) mass is 424 g/mol. The average Bonchev–Trinajstić information content (AvgIpc) is 3.42. The minimum Gasteiger partial charge on any atom is -0.378 e. The summed E-state index contributed by atoms with van der Waals surface area (Å²) in [4.78, 5) is 22.0. The Morgan fingerprint density at radius 2 is 2.10 bits per heavy atom. The van der Waals surface area contributed by atoms with Crippen molar-refractivity contribution in [2.75, 3.05) is 31.2 Å². The molecule has 0 radical (unpaired) electrons. The largest absolute Gasteiger partial charge is 0.378 e. The number of aryl methyl sites for hydroxylation is 1. The van der Waals surface area contributed by atoms with Crippen molar-refractivity contribution in [3.63, 3.8) is 0 Å². The third-order valence-electron chi connectivity index (χ3n) is 5.91. The standard InChI is InChI=1S/C23H28N4O2S/c1-17-22(30-21(25-17)14-18-5-2-3-6-18)27(23(28)26-9-11-29-12-10-26)16-20-8-4-7-19(13-20)15-24/h4,7-8,13,18H,2-3,5-6,9-12,14,16H2,1H3. The van der Waals surface area contributed by atoms with Crippen LogP contribution in [0.25, 0.3) is 0 Å². The number of amides is 2.